The molecule has 2 rings (SSSR count). The van der Waals surface area contributed by atoms with Gasteiger partial charge in [-0.2, -0.15) is 0 Å². The van der Waals surface area contributed by atoms with Crippen LogP contribution in [-0.2, 0) is 4.74 Å². The van der Waals surface area contributed by atoms with E-state index in [2.05, 4.69) is 6.92 Å². The Morgan fingerprint density at radius 2 is 1.87 bits per heavy atom. The smallest absolute Gasteiger partial charge is 0.0468 e. The van der Waals surface area contributed by atoms with E-state index < -0.39 is 0 Å². The minimum Gasteiger partial charge on any atom is -0.381 e. The number of nitrogens with two attached hydrogens (primary N) is 1. The van der Waals surface area contributed by atoms with Crippen molar-refractivity contribution in [2.24, 2.45) is 23.5 Å². The van der Waals surface area contributed by atoms with Gasteiger partial charge >= 0.3 is 0 Å². The number of hydrogen-bond donors (Lipinski definition) is 1. The first-order valence-electron chi connectivity index (χ1n) is 6.64. The molecule has 0 aromatic carbocycles. The highest BCUT2D eigenvalue weighted by atomic mass is 16.5. The minimum atomic E-state index is 0.473. The molecule has 2 N–H and O–H groups in total. The first-order chi connectivity index (χ1) is 7.31. The van der Waals surface area contributed by atoms with Crippen LogP contribution in [-0.4, -0.2) is 19.3 Å². The summed E-state index contributed by atoms with van der Waals surface area (Å²) in [5, 5.41) is 0. The zero-order valence-electron chi connectivity index (χ0n) is 9.95. The molecule has 15 heavy (non-hydrogen) atoms. The van der Waals surface area contributed by atoms with Crippen molar-refractivity contribution in [1.29, 1.82) is 0 Å². The van der Waals surface area contributed by atoms with E-state index in [1.54, 1.807) is 0 Å². The number of rotatable bonds is 2. The molecule has 0 aromatic rings. The van der Waals surface area contributed by atoms with Crippen molar-refractivity contribution in [3.63, 3.8) is 0 Å². The summed E-state index contributed by atoms with van der Waals surface area (Å²) in [7, 11) is 0. The molecule has 3 atom stereocenters. The first-order valence-corrected chi connectivity index (χ1v) is 6.64. The lowest BCUT2D eigenvalue weighted by molar-refractivity contribution is 0.0198. The van der Waals surface area contributed by atoms with Crippen molar-refractivity contribution in [3.8, 4) is 0 Å². The van der Waals surface area contributed by atoms with Crippen LogP contribution in [0.4, 0.5) is 0 Å². The van der Waals surface area contributed by atoms with Gasteiger partial charge in [0.25, 0.3) is 0 Å². The zero-order chi connectivity index (χ0) is 10.7. The van der Waals surface area contributed by atoms with Crippen molar-refractivity contribution in [2.75, 3.05) is 13.2 Å². The van der Waals surface area contributed by atoms with E-state index >= 15 is 0 Å². The van der Waals surface area contributed by atoms with Crippen molar-refractivity contribution in [2.45, 2.75) is 51.5 Å². The second-order valence-corrected chi connectivity index (χ2v) is 5.36. The van der Waals surface area contributed by atoms with E-state index in [1.807, 2.05) is 0 Å². The molecule has 0 aromatic heterocycles. The van der Waals surface area contributed by atoms with Crippen LogP contribution in [0.15, 0.2) is 0 Å². The van der Waals surface area contributed by atoms with Crippen molar-refractivity contribution < 1.29 is 4.74 Å². The summed E-state index contributed by atoms with van der Waals surface area (Å²) in [4.78, 5) is 0. The molecule has 0 radical (unpaired) electrons. The fourth-order valence-corrected chi connectivity index (χ4v) is 3.53. The van der Waals surface area contributed by atoms with Crippen LogP contribution in [0.2, 0.25) is 0 Å². The Morgan fingerprint density at radius 1 is 1.13 bits per heavy atom. The van der Waals surface area contributed by atoms with Gasteiger partial charge < -0.3 is 10.5 Å². The highest BCUT2D eigenvalue weighted by molar-refractivity contribution is 4.86. The van der Waals surface area contributed by atoms with E-state index in [1.165, 1.54) is 38.5 Å². The third-order valence-corrected chi connectivity index (χ3v) is 4.48. The van der Waals surface area contributed by atoms with E-state index in [0.717, 1.165) is 31.0 Å². The molecule has 1 saturated heterocycles. The van der Waals surface area contributed by atoms with Gasteiger partial charge in [0.15, 0.2) is 0 Å². The van der Waals surface area contributed by atoms with Gasteiger partial charge in [-0.25, -0.2) is 0 Å². The third-order valence-electron chi connectivity index (χ3n) is 4.48. The molecule has 1 heterocycles. The highest BCUT2D eigenvalue weighted by Crippen LogP contribution is 2.40. The van der Waals surface area contributed by atoms with Crippen LogP contribution >= 0.6 is 0 Å². The Morgan fingerprint density at radius 3 is 2.53 bits per heavy atom. The van der Waals surface area contributed by atoms with Crippen molar-refractivity contribution >= 4 is 0 Å². The molecule has 0 amide bonds. The molecule has 0 spiro atoms. The van der Waals surface area contributed by atoms with E-state index in [0.29, 0.717) is 6.04 Å². The lowest BCUT2D eigenvalue weighted by Crippen LogP contribution is -2.38. The van der Waals surface area contributed by atoms with Gasteiger partial charge in [-0.05, 0) is 49.9 Å². The summed E-state index contributed by atoms with van der Waals surface area (Å²) in [6, 6.07) is 0.473. The molecule has 2 aliphatic rings. The molecule has 2 nitrogen and oxygen atoms in total. The second kappa shape index (κ2) is 5.31. The Labute approximate surface area is 93.6 Å². The van der Waals surface area contributed by atoms with E-state index in [9.17, 15) is 0 Å². The Balaban J connectivity index is 1.95. The fourth-order valence-electron chi connectivity index (χ4n) is 3.53. The van der Waals surface area contributed by atoms with Crippen LogP contribution < -0.4 is 5.73 Å². The Kier molecular flexibility index (Phi) is 4.04. The van der Waals surface area contributed by atoms with Gasteiger partial charge in [0, 0.05) is 19.3 Å². The highest BCUT2D eigenvalue weighted by Gasteiger charge is 2.34. The normalized spacial score (nSPS) is 39.2. The quantitative estimate of drug-likeness (QED) is 0.762. The van der Waals surface area contributed by atoms with Gasteiger partial charge in [-0.15, -0.1) is 0 Å². The van der Waals surface area contributed by atoms with Crippen LogP contribution in [0.5, 0.6) is 0 Å². The molecule has 1 aliphatic carbocycles. The fraction of sp³-hybridized carbons (Fsp3) is 1.00. The topological polar surface area (TPSA) is 35.2 Å². The third kappa shape index (κ3) is 2.73. The van der Waals surface area contributed by atoms with Gasteiger partial charge in [0.05, 0.1) is 0 Å². The summed E-state index contributed by atoms with van der Waals surface area (Å²) >= 11 is 0. The van der Waals surface area contributed by atoms with E-state index in [4.69, 9.17) is 10.5 Å². The maximum Gasteiger partial charge on any atom is 0.0468 e. The first kappa shape index (κ1) is 11.4. The second-order valence-electron chi connectivity index (χ2n) is 5.36. The average molecular weight is 211 g/mol. The molecule has 2 heteroatoms. The summed E-state index contributed by atoms with van der Waals surface area (Å²) in [6.07, 6.45) is 7.76. The molecule has 2 fully saturated rings. The van der Waals surface area contributed by atoms with Gasteiger partial charge in [0.1, 0.15) is 0 Å². The van der Waals surface area contributed by atoms with Crippen LogP contribution in [0, 0.1) is 17.8 Å². The largest absolute Gasteiger partial charge is 0.381 e. The Bertz CT molecular complexity index is 189. The lowest BCUT2D eigenvalue weighted by atomic mass is 9.68. The van der Waals surface area contributed by atoms with Crippen LogP contribution in [0.3, 0.4) is 0 Å². The molecular weight excluding hydrogens is 186 g/mol. The van der Waals surface area contributed by atoms with E-state index in [-0.39, 0.29) is 0 Å². The minimum absolute atomic E-state index is 0.473. The summed E-state index contributed by atoms with van der Waals surface area (Å²) in [6.45, 7) is 4.30. The summed E-state index contributed by atoms with van der Waals surface area (Å²) in [5.74, 6) is 2.73. The molecule has 3 unspecified atom stereocenters. The van der Waals surface area contributed by atoms with Gasteiger partial charge in [-0.3, -0.25) is 0 Å². The molecule has 1 aliphatic heterocycles. The monoisotopic (exact) mass is 211 g/mol. The summed E-state index contributed by atoms with van der Waals surface area (Å²) < 4.78 is 5.45. The molecule has 88 valence electrons. The zero-order valence-corrected chi connectivity index (χ0v) is 9.95. The van der Waals surface area contributed by atoms with Crippen molar-refractivity contribution in [1.82, 2.24) is 0 Å². The van der Waals surface area contributed by atoms with Crippen LogP contribution in [0.25, 0.3) is 0 Å². The lowest BCUT2D eigenvalue weighted by Gasteiger charge is -2.40. The number of hydrogen-bond acceptors (Lipinski definition) is 2. The maximum atomic E-state index is 6.12. The van der Waals surface area contributed by atoms with Gasteiger partial charge in [0.2, 0.25) is 0 Å². The van der Waals surface area contributed by atoms with Crippen LogP contribution in [0.1, 0.15) is 45.4 Å². The maximum absolute atomic E-state index is 6.12. The predicted molar refractivity (Wildman–Crippen MR) is 62.6 cm³/mol. The number of ether oxygens (including phenoxy) is 1. The van der Waals surface area contributed by atoms with Crippen molar-refractivity contribution in [3.05, 3.63) is 0 Å². The SMILES string of the molecule is CCC1CCC(N)CC1C1CCOCC1. The summed E-state index contributed by atoms with van der Waals surface area (Å²) in [5.41, 5.74) is 6.12. The van der Waals surface area contributed by atoms with Gasteiger partial charge in [-0.1, -0.05) is 13.3 Å². The molecular formula is C13H25NO. The average Bonchev–Trinajstić information content (AvgIpc) is 2.30. The predicted octanol–water partition coefficient (Wildman–Crippen LogP) is 2.57. The Hall–Kier alpha value is -0.0800. The standard InChI is InChI=1S/C13H25NO/c1-2-10-3-4-12(14)9-13(10)11-5-7-15-8-6-11/h10-13H,2-9,14H2,1H3. The molecule has 1 saturated carbocycles. The molecule has 0 bridgehead atoms.